The van der Waals surface area contributed by atoms with Crippen LogP contribution in [0.25, 0.3) is 0 Å². The molecule has 20 heavy (non-hydrogen) atoms. The van der Waals surface area contributed by atoms with E-state index in [4.69, 9.17) is 4.74 Å². The van der Waals surface area contributed by atoms with E-state index >= 15 is 0 Å². The number of nitrogens with zero attached hydrogens (tertiary/aromatic N) is 1. The summed E-state index contributed by atoms with van der Waals surface area (Å²) in [5, 5.41) is 6.19. The van der Waals surface area contributed by atoms with E-state index in [1.165, 1.54) is 0 Å². The maximum atomic E-state index is 11.2. The Morgan fingerprint density at radius 1 is 1.15 bits per heavy atom. The molecular formula is C12H28N4O3S. The molecule has 0 spiro atoms. The van der Waals surface area contributed by atoms with Gasteiger partial charge in [0.25, 0.3) is 0 Å². The second-order valence-corrected chi connectivity index (χ2v) is 6.13. The summed E-state index contributed by atoms with van der Waals surface area (Å²) in [4.78, 5) is 4.38. The highest BCUT2D eigenvalue weighted by molar-refractivity contribution is 7.89. The van der Waals surface area contributed by atoms with Crippen molar-refractivity contribution in [2.75, 3.05) is 45.1 Å². The summed E-state index contributed by atoms with van der Waals surface area (Å²) in [6, 6.07) is 0. The van der Waals surface area contributed by atoms with Crippen molar-refractivity contribution in [3.8, 4) is 0 Å². The van der Waals surface area contributed by atoms with Crippen molar-refractivity contribution >= 4 is 16.0 Å². The summed E-state index contributed by atoms with van der Waals surface area (Å²) in [5.74, 6) is 0.790. The SMILES string of the molecule is CCNC(=NCCCOCC)NCCNS(=O)(=O)CC. The van der Waals surface area contributed by atoms with Gasteiger partial charge in [0.1, 0.15) is 0 Å². The summed E-state index contributed by atoms with van der Waals surface area (Å²) >= 11 is 0. The molecule has 3 N–H and O–H groups in total. The van der Waals surface area contributed by atoms with Crippen LogP contribution in [0.15, 0.2) is 4.99 Å². The number of aliphatic imine (C=N–C) groups is 1. The Balaban J connectivity index is 3.92. The van der Waals surface area contributed by atoms with Gasteiger partial charge >= 0.3 is 0 Å². The van der Waals surface area contributed by atoms with Gasteiger partial charge in [-0.1, -0.05) is 0 Å². The lowest BCUT2D eigenvalue weighted by molar-refractivity contribution is 0.146. The van der Waals surface area contributed by atoms with Crippen LogP contribution in [-0.2, 0) is 14.8 Å². The fraction of sp³-hybridized carbons (Fsp3) is 0.917. The number of rotatable bonds is 11. The molecule has 0 radical (unpaired) electrons. The van der Waals surface area contributed by atoms with E-state index < -0.39 is 10.0 Å². The molecular weight excluding hydrogens is 280 g/mol. The maximum absolute atomic E-state index is 11.2. The molecule has 0 aliphatic rings. The van der Waals surface area contributed by atoms with Crippen molar-refractivity contribution in [2.45, 2.75) is 27.2 Å². The number of guanidine groups is 1. The van der Waals surface area contributed by atoms with Crippen LogP contribution in [-0.4, -0.2) is 59.5 Å². The van der Waals surface area contributed by atoms with Crippen molar-refractivity contribution < 1.29 is 13.2 Å². The summed E-state index contributed by atoms with van der Waals surface area (Å²) < 4.78 is 30.2. The fourth-order valence-corrected chi connectivity index (χ4v) is 1.95. The summed E-state index contributed by atoms with van der Waals surface area (Å²) in [7, 11) is -3.12. The third-order valence-corrected chi connectivity index (χ3v) is 3.79. The van der Waals surface area contributed by atoms with Gasteiger partial charge in [-0.05, 0) is 27.2 Å². The molecule has 0 aromatic heterocycles. The molecule has 0 aliphatic carbocycles. The van der Waals surface area contributed by atoms with Crippen molar-refractivity contribution in [3.63, 3.8) is 0 Å². The Morgan fingerprint density at radius 2 is 1.90 bits per heavy atom. The third kappa shape index (κ3) is 11.0. The zero-order valence-corrected chi connectivity index (χ0v) is 13.6. The first kappa shape index (κ1) is 19.1. The smallest absolute Gasteiger partial charge is 0.211 e. The molecule has 0 saturated carbocycles. The Morgan fingerprint density at radius 3 is 2.50 bits per heavy atom. The summed E-state index contributed by atoms with van der Waals surface area (Å²) in [6.45, 7) is 9.27. The van der Waals surface area contributed by atoms with Gasteiger partial charge in [-0.15, -0.1) is 0 Å². The molecule has 0 rings (SSSR count). The lowest BCUT2D eigenvalue weighted by Crippen LogP contribution is -2.41. The number of nitrogens with one attached hydrogen (secondary N) is 3. The molecule has 120 valence electrons. The Bertz CT molecular complexity index is 358. The van der Waals surface area contributed by atoms with Crippen LogP contribution in [0.5, 0.6) is 0 Å². The van der Waals surface area contributed by atoms with Crippen LogP contribution >= 0.6 is 0 Å². The zero-order chi connectivity index (χ0) is 15.3. The normalized spacial score (nSPS) is 12.4. The van der Waals surface area contributed by atoms with E-state index in [-0.39, 0.29) is 5.75 Å². The number of hydrogen-bond donors (Lipinski definition) is 3. The van der Waals surface area contributed by atoms with Gasteiger partial charge in [-0.3, -0.25) is 4.99 Å². The average molecular weight is 308 g/mol. The summed E-state index contributed by atoms with van der Waals surface area (Å²) in [5.41, 5.74) is 0. The lowest BCUT2D eigenvalue weighted by atomic mass is 10.4. The highest BCUT2D eigenvalue weighted by atomic mass is 32.2. The van der Waals surface area contributed by atoms with Crippen LogP contribution < -0.4 is 15.4 Å². The highest BCUT2D eigenvalue weighted by Gasteiger charge is 2.04. The molecule has 0 bridgehead atoms. The van der Waals surface area contributed by atoms with E-state index in [1.54, 1.807) is 6.92 Å². The second-order valence-electron chi connectivity index (χ2n) is 4.04. The zero-order valence-electron chi connectivity index (χ0n) is 12.7. The largest absolute Gasteiger partial charge is 0.382 e. The Labute approximate surface area is 122 Å². The van der Waals surface area contributed by atoms with Gasteiger partial charge in [-0.25, -0.2) is 13.1 Å². The molecule has 0 aromatic carbocycles. The molecule has 0 heterocycles. The molecule has 0 amide bonds. The molecule has 8 heteroatoms. The number of sulfonamides is 1. The van der Waals surface area contributed by atoms with Crippen molar-refractivity contribution in [2.24, 2.45) is 4.99 Å². The predicted octanol–water partition coefficient (Wildman–Crippen LogP) is -0.0926. The third-order valence-electron chi connectivity index (χ3n) is 2.38. The lowest BCUT2D eigenvalue weighted by Gasteiger charge is -2.11. The van der Waals surface area contributed by atoms with E-state index in [1.807, 2.05) is 13.8 Å². The van der Waals surface area contributed by atoms with Gasteiger partial charge in [-0.2, -0.15) is 0 Å². The topological polar surface area (TPSA) is 91.8 Å². The minimum Gasteiger partial charge on any atom is -0.382 e. The van der Waals surface area contributed by atoms with Gasteiger partial charge < -0.3 is 15.4 Å². The monoisotopic (exact) mass is 308 g/mol. The van der Waals surface area contributed by atoms with Crippen LogP contribution in [0.1, 0.15) is 27.2 Å². The van der Waals surface area contributed by atoms with Gasteiger partial charge in [0.05, 0.1) is 5.75 Å². The molecule has 0 aliphatic heterocycles. The first-order valence-electron chi connectivity index (χ1n) is 7.13. The average Bonchev–Trinajstić information content (AvgIpc) is 2.43. The molecule has 0 unspecified atom stereocenters. The standard InChI is InChI=1S/C12H28N4O3S/c1-4-13-12(14-8-7-11-19-5-2)15-9-10-16-20(17,18)6-3/h16H,4-11H2,1-3H3,(H2,13,14,15). The van der Waals surface area contributed by atoms with E-state index in [2.05, 4.69) is 20.3 Å². The quantitative estimate of drug-likeness (QED) is 0.282. The molecule has 7 nitrogen and oxygen atoms in total. The maximum Gasteiger partial charge on any atom is 0.211 e. The first-order chi connectivity index (χ1) is 9.55. The highest BCUT2D eigenvalue weighted by Crippen LogP contribution is 1.85. The van der Waals surface area contributed by atoms with E-state index in [0.29, 0.717) is 32.2 Å². The molecule has 0 saturated heterocycles. The molecule has 0 fully saturated rings. The predicted molar refractivity (Wildman–Crippen MR) is 82.6 cm³/mol. The van der Waals surface area contributed by atoms with Crippen molar-refractivity contribution in [1.29, 1.82) is 0 Å². The van der Waals surface area contributed by atoms with E-state index in [0.717, 1.165) is 19.6 Å². The van der Waals surface area contributed by atoms with Crippen molar-refractivity contribution in [3.05, 3.63) is 0 Å². The van der Waals surface area contributed by atoms with Crippen LogP contribution in [0, 0.1) is 0 Å². The van der Waals surface area contributed by atoms with Gasteiger partial charge in [0.2, 0.25) is 10.0 Å². The number of hydrogen-bond acceptors (Lipinski definition) is 4. The van der Waals surface area contributed by atoms with E-state index in [9.17, 15) is 8.42 Å². The van der Waals surface area contributed by atoms with Gasteiger partial charge in [0, 0.05) is 39.4 Å². The first-order valence-corrected chi connectivity index (χ1v) is 8.78. The second kappa shape index (κ2) is 11.9. The minimum atomic E-state index is -3.12. The summed E-state index contributed by atoms with van der Waals surface area (Å²) in [6.07, 6.45) is 0.868. The Hall–Kier alpha value is -0.860. The van der Waals surface area contributed by atoms with Crippen LogP contribution in [0.4, 0.5) is 0 Å². The fourth-order valence-electron chi connectivity index (χ4n) is 1.33. The van der Waals surface area contributed by atoms with Crippen LogP contribution in [0.3, 0.4) is 0 Å². The number of ether oxygens (including phenoxy) is 1. The van der Waals surface area contributed by atoms with Gasteiger partial charge in [0.15, 0.2) is 5.96 Å². The Kier molecular flexibility index (Phi) is 11.4. The van der Waals surface area contributed by atoms with Crippen LogP contribution in [0.2, 0.25) is 0 Å². The molecule has 0 atom stereocenters. The minimum absolute atomic E-state index is 0.0958. The molecule has 0 aromatic rings. The van der Waals surface area contributed by atoms with Crippen molar-refractivity contribution in [1.82, 2.24) is 15.4 Å².